The molecule has 1 atom stereocenters. The molecule has 0 aromatic carbocycles. The number of rotatable bonds is 4. The van der Waals surface area contributed by atoms with Crippen LogP contribution in [0, 0.1) is 0 Å². The van der Waals surface area contributed by atoms with Gasteiger partial charge in [0, 0.05) is 29.9 Å². The van der Waals surface area contributed by atoms with E-state index in [1.807, 2.05) is 18.7 Å². The lowest BCUT2D eigenvalue weighted by Crippen LogP contribution is -2.48. The SMILES string of the molecule is CC(C)c1c(NN)ncnc1N1CCSCC1S(C)(=O)=O. The molecule has 0 radical (unpaired) electrons. The van der Waals surface area contributed by atoms with Crippen LogP contribution in [0.25, 0.3) is 0 Å². The third kappa shape index (κ3) is 3.41. The number of nitrogens with zero attached hydrogens (tertiary/aromatic N) is 3. The van der Waals surface area contributed by atoms with Gasteiger partial charge in [-0.3, -0.25) is 0 Å². The van der Waals surface area contributed by atoms with Crippen LogP contribution < -0.4 is 16.2 Å². The number of thioether (sulfide) groups is 1. The van der Waals surface area contributed by atoms with Crippen LogP contribution in [0.3, 0.4) is 0 Å². The smallest absolute Gasteiger partial charge is 0.169 e. The van der Waals surface area contributed by atoms with E-state index in [-0.39, 0.29) is 5.92 Å². The summed E-state index contributed by atoms with van der Waals surface area (Å²) in [5, 5.41) is -0.561. The fourth-order valence-corrected chi connectivity index (χ4v) is 5.26. The summed E-state index contributed by atoms with van der Waals surface area (Å²) in [4.78, 5) is 10.3. The van der Waals surface area contributed by atoms with Crippen LogP contribution in [-0.4, -0.2) is 48.1 Å². The molecule has 0 amide bonds. The fourth-order valence-electron chi connectivity index (χ4n) is 2.44. The predicted molar refractivity (Wildman–Crippen MR) is 87.2 cm³/mol. The molecular formula is C12H21N5O2S2. The van der Waals surface area contributed by atoms with E-state index in [9.17, 15) is 8.42 Å². The largest absolute Gasteiger partial charge is 0.338 e. The molecule has 1 aromatic rings. The van der Waals surface area contributed by atoms with E-state index in [2.05, 4.69) is 15.4 Å². The minimum Gasteiger partial charge on any atom is -0.338 e. The van der Waals surface area contributed by atoms with Crippen LogP contribution in [0.4, 0.5) is 11.6 Å². The molecule has 7 nitrogen and oxygen atoms in total. The molecule has 1 unspecified atom stereocenters. The summed E-state index contributed by atoms with van der Waals surface area (Å²) in [6, 6.07) is 0. The summed E-state index contributed by atoms with van der Waals surface area (Å²) >= 11 is 1.65. The quantitative estimate of drug-likeness (QED) is 0.617. The van der Waals surface area contributed by atoms with Gasteiger partial charge in [0.05, 0.1) is 0 Å². The number of sulfone groups is 1. The molecule has 118 valence electrons. The third-order valence-corrected chi connectivity index (χ3v) is 6.07. The highest BCUT2D eigenvalue weighted by molar-refractivity contribution is 8.01. The van der Waals surface area contributed by atoms with E-state index in [4.69, 9.17) is 5.84 Å². The molecular weight excluding hydrogens is 310 g/mol. The highest BCUT2D eigenvalue weighted by Gasteiger charge is 2.34. The number of aromatic nitrogens is 2. The second-order valence-corrected chi connectivity index (χ2v) is 8.66. The topological polar surface area (TPSA) is 101 Å². The molecule has 2 rings (SSSR count). The molecule has 1 aromatic heterocycles. The summed E-state index contributed by atoms with van der Waals surface area (Å²) in [7, 11) is -3.19. The number of nitrogens with one attached hydrogen (secondary N) is 1. The van der Waals surface area contributed by atoms with E-state index in [1.165, 1.54) is 12.6 Å². The van der Waals surface area contributed by atoms with Crippen molar-refractivity contribution >= 4 is 33.2 Å². The van der Waals surface area contributed by atoms with Gasteiger partial charge in [-0.05, 0) is 5.92 Å². The van der Waals surface area contributed by atoms with Gasteiger partial charge in [0.25, 0.3) is 0 Å². The van der Waals surface area contributed by atoms with Crippen molar-refractivity contribution in [2.24, 2.45) is 5.84 Å². The molecule has 0 bridgehead atoms. The normalized spacial score (nSPS) is 19.9. The standard InChI is InChI=1S/C12H21N5O2S2/c1-8(2)10-11(16-13)14-7-15-12(10)17-4-5-20-6-9(17)21(3,18)19/h7-9H,4-6,13H2,1-3H3,(H,14,15,16). The Hall–Kier alpha value is -1.06. The Kier molecular flexibility index (Phi) is 4.95. The van der Waals surface area contributed by atoms with Crippen molar-refractivity contribution in [1.29, 1.82) is 0 Å². The van der Waals surface area contributed by atoms with Crippen molar-refractivity contribution in [3.63, 3.8) is 0 Å². The second kappa shape index (κ2) is 6.37. The van der Waals surface area contributed by atoms with Gasteiger partial charge in [-0.2, -0.15) is 11.8 Å². The first kappa shape index (κ1) is 16.3. The minimum absolute atomic E-state index is 0.127. The Morgan fingerprint density at radius 1 is 1.48 bits per heavy atom. The van der Waals surface area contributed by atoms with Crippen molar-refractivity contribution < 1.29 is 8.42 Å². The molecule has 0 aliphatic carbocycles. The van der Waals surface area contributed by atoms with Crippen LogP contribution in [0.1, 0.15) is 25.3 Å². The lowest BCUT2D eigenvalue weighted by Gasteiger charge is -2.36. The Balaban J connectivity index is 2.53. The van der Waals surface area contributed by atoms with Gasteiger partial charge in [-0.15, -0.1) is 0 Å². The summed E-state index contributed by atoms with van der Waals surface area (Å²) in [6.45, 7) is 4.66. The lowest BCUT2D eigenvalue weighted by atomic mass is 10.0. The van der Waals surface area contributed by atoms with Gasteiger partial charge in [-0.1, -0.05) is 13.8 Å². The molecule has 2 heterocycles. The zero-order valence-electron chi connectivity index (χ0n) is 12.4. The second-order valence-electron chi connectivity index (χ2n) is 5.31. The summed E-state index contributed by atoms with van der Waals surface area (Å²) in [5.41, 5.74) is 3.43. The zero-order chi connectivity index (χ0) is 15.6. The molecule has 0 saturated carbocycles. The van der Waals surface area contributed by atoms with E-state index in [0.717, 1.165) is 11.3 Å². The monoisotopic (exact) mass is 331 g/mol. The maximum absolute atomic E-state index is 12.1. The molecule has 9 heteroatoms. The average molecular weight is 331 g/mol. The van der Waals surface area contributed by atoms with Crippen LogP contribution in [0.5, 0.6) is 0 Å². The fraction of sp³-hybridized carbons (Fsp3) is 0.667. The van der Waals surface area contributed by atoms with Gasteiger partial charge >= 0.3 is 0 Å². The predicted octanol–water partition coefficient (Wildman–Crippen LogP) is 0.810. The van der Waals surface area contributed by atoms with Crippen molar-refractivity contribution in [2.75, 3.05) is 34.6 Å². The van der Waals surface area contributed by atoms with Crippen LogP contribution in [0.15, 0.2) is 6.33 Å². The van der Waals surface area contributed by atoms with E-state index < -0.39 is 15.2 Å². The van der Waals surface area contributed by atoms with Gasteiger partial charge in [-0.25, -0.2) is 24.2 Å². The number of hydrogen-bond donors (Lipinski definition) is 2. The van der Waals surface area contributed by atoms with Gasteiger partial charge in [0.2, 0.25) is 0 Å². The van der Waals surface area contributed by atoms with Crippen molar-refractivity contribution in [2.45, 2.75) is 25.1 Å². The number of nitrogen functional groups attached to an aromatic ring is 1. The molecule has 1 aliphatic heterocycles. The van der Waals surface area contributed by atoms with Crippen molar-refractivity contribution in [3.05, 3.63) is 11.9 Å². The number of hydrazine groups is 1. The Morgan fingerprint density at radius 2 is 2.19 bits per heavy atom. The molecule has 1 saturated heterocycles. The summed E-state index contributed by atoms with van der Waals surface area (Å²) < 4.78 is 24.1. The molecule has 3 N–H and O–H groups in total. The van der Waals surface area contributed by atoms with Crippen LogP contribution in [-0.2, 0) is 9.84 Å². The maximum atomic E-state index is 12.1. The van der Waals surface area contributed by atoms with Gasteiger partial charge in [0.1, 0.15) is 23.3 Å². The average Bonchev–Trinajstić information content (AvgIpc) is 2.45. The van der Waals surface area contributed by atoms with Crippen LogP contribution >= 0.6 is 11.8 Å². The Bertz CT molecular complexity index is 606. The third-order valence-electron chi connectivity index (χ3n) is 3.43. The Labute approximate surface area is 129 Å². The maximum Gasteiger partial charge on any atom is 0.169 e. The van der Waals surface area contributed by atoms with Gasteiger partial charge in [0.15, 0.2) is 9.84 Å². The van der Waals surface area contributed by atoms with Crippen molar-refractivity contribution in [3.8, 4) is 0 Å². The number of nitrogens with two attached hydrogens (primary N) is 1. The van der Waals surface area contributed by atoms with E-state index in [0.29, 0.717) is 23.9 Å². The highest BCUT2D eigenvalue weighted by atomic mass is 32.2. The van der Waals surface area contributed by atoms with Crippen LogP contribution in [0.2, 0.25) is 0 Å². The first-order valence-corrected chi connectivity index (χ1v) is 9.82. The summed E-state index contributed by atoms with van der Waals surface area (Å²) in [5.74, 6) is 8.27. The molecule has 21 heavy (non-hydrogen) atoms. The molecule has 1 aliphatic rings. The van der Waals surface area contributed by atoms with E-state index in [1.54, 1.807) is 11.8 Å². The Morgan fingerprint density at radius 3 is 2.76 bits per heavy atom. The highest BCUT2D eigenvalue weighted by Crippen LogP contribution is 2.34. The summed E-state index contributed by atoms with van der Waals surface area (Å²) in [6.07, 6.45) is 2.69. The first-order chi connectivity index (χ1) is 9.86. The minimum atomic E-state index is -3.19. The first-order valence-electron chi connectivity index (χ1n) is 6.71. The lowest BCUT2D eigenvalue weighted by molar-refractivity contribution is 0.583. The van der Waals surface area contributed by atoms with E-state index >= 15 is 0 Å². The van der Waals surface area contributed by atoms with Crippen molar-refractivity contribution in [1.82, 2.24) is 9.97 Å². The molecule has 1 fully saturated rings. The zero-order valence-corrected chi connectivity index (χ0v) is 14.0. The number of anilines is 2. The van der Waals surface area contributed by atoms with Gasteiger partial charge < -0.3 is 10.3 Å². The molecule has 0 spiro atoms. The number of hydrogen-bond acceptors (Lipinski definition) is 8.